The van der Waals surface area contributed by atoms with Crippen molar-refractivity contribution in [3.63, 3.8) is 0 Å². The summed E-state index contributed by atoms with van der Waals surface area (Å²) in [5.74, 6) is 0.939. The van der Waals surface area contributed by atoms with Crippen molar-refractivity contribution in [2.45, 2.75) is 45.1 Å². The molecule has 0 radical (unpaired) electrons. The van der Waals surface area contributed by atoms with Gasteiger partial charge in [0.15, 0.2) is 0 Å². The van der Waals surface area contributed by atoms with E-state index in [1.807, 2.05) is 23.1 Å². The third-order valence-corrected chi connectivity index (χ3v) is 7.33. The van der Waals surface area contributed by atoms with Crippen LogP contribution in [-0.2, 0) is 6.42 Å². The summed E-state index contributed by atoms with van der Waals surface area (Å²) in [5.41, 5.74) is 2.43. The molecule has 2 saturated heterocycles. The maximum absolute atomic E-state index is 13.2. The molecule has 2 aromatic carbocycles. The van der Waals surface area contributed by atoms with E-state index < -0.39 is 0 Å². The van der Waals surface area contributed by atoms with E-state index in [4.69, 9.17) is 5.26 Å². The van der Waals surface area contributed by atoms with Crippen molar-refractivity contribution < 1.29 is 9.18 Å². The van der Waals surface area contributed by atoms with E-state index in [2.05, 4.69) is 23.2 Å². The Kier molecular flexibility index (Phi) is 7.61. The van der Waals surface area contributed by atoms with E-state index in [0.29, 0.717) is 29.1 Å². The number of anilines is 1. The molecule has 2 atom stereocenters. The highest BCUT2D eigenvalue weighted by Crippen LogP contribution is 2.28. The first-order valence-corrected chi connectivity index (χ1v) is 12.1. The van der Waals surface area contributed by atoms with E-state index in [-0.39, 0.29) is 11.8 Å². The number of likely N-dealkylation sites (tertiary alicyclic amines) is 2. The van der Waals surface area contributed by atoms with Crippen molar-refractivity contribution in [3.05, 3.63) is 65.5 Å². The average molecular weight is 449 g/mol. The van der Waals surface area contributed by atoms with Crippen molar-refractivity contribution in [2.75, 3.05) is 31.5 Å². The summed E-state index contributed by atoms with van der Waals surface area (Å²) in [5, 5.41) is 12.0. The van der Waals surface area contributed by atoms with Crippen LogP contribution in [0.25, 0.3) is 0 Å². The van der Waals surface area contributed by atoms with Crippen LogP contribution in [0.3, 0.4) is 0 Å². The average Bonchev–Trinajstić information content (AvgIpc) is 2.85. The second-order valence-electron chi connectivity index (χ2n) is 9.52. The maximum atomic E-state index is 13.2. The number of amides is 2. The molecule has 2 amide bonds. The lowest BCUT2D eigenvalue weighted by atomic mass is 9.86. The van der Waals surface area contributed by atoms with Crippen LogP contribution in [-0.4, -0.2) is 48.1 Å². The first-order valence-electron chi connectivity index (χ1n) is 12.1. The van der Waals surface area contributed by atoms with Crippen LogP contribution >= 0.6 is 0 Å². The number of halogens is 1. The van der Waals surface area contributed by atoms with Crippen LogP contribution in [0.1, 0.15) is 43.7 Å². The molecule has 2 aromatic rings. The summed E-state index contributed by atoms with van der Waals surface area (Å²) in [6.45, 7) is 6.00. The number of benzene rings is 2. The number of piperidine rings is 2. The fourth-order valence-corrected chi connectivity index (χ4v) is 5.27. The first-order chi connectivity index (χ1) is 16.0. The number of carbonyl (C=O) groups excluding carboxylic acids is 1. The van der Waals surface area contributed by atoms with Crippen LogP contribution in [0.2, 0.25) is 0 Å². The van der Waals surface area contributed by atoms with Crippen molar-refractivity contribution in [1.82, 2.24) is 9.80 Å². The summed E-state index contributed by atoms with van der Waals surface area (Å²) in [6.07, 6.45) is 5.50. The zero-order valence-electron chi connectivity index (χ0n) is 19.3. The number of hydrogen-bond donors (Lipinski definition) is 1. The summed E-state index contributed by atoms with van der Waals surface area (Å²) in [4.78, 5) is 17.4. The molecule has 2 aliphatic heterocycles. The van der Waals surface area contributed by atoms with Gasteiger partial charge in [-0.1, -0.05) is 18.2 Å². The lowest BCUT2D eigenvalue weighted by molar-refractivity contribution is 0.0733. The first kappa shape index (κ1) is 23.3. The van der Waals surface area contributed by atoms with Crippen LogP contribution in [0, 0.1) is 29.0 Å². The highest BCUT2D eigenvalue weighted by molar-refractivity contribution is 5.89. The van der Waals surface area contributed by atoms with Gasteiger partial charge >= 0.3 is 6.03 Å². The van der Waals surface area contributed by atoms with Crippen molar-refractivity contribution in [2.24, 2.45) is 11.8 Å². The van der Waals surface area contributed by atoms with Gasteiger partial charge in [0.2, 0.25) is 0 Å². The Hall–Kier alpha value is -2.91. The van der Waals surface area contributed by atoms with E-state index >= 15 is 0 Å². The molecule has 4 rings (SSSR count). The van der Waals surface area contributed by atoms with Gasteiger partial charge in [-0.25, -0.2) is 9.18 Å². The standard InChI is InChI=1S/C27H33FN4O/c1-20(31-14-11-22(12-15-31)16-21-7-9-25(28)10-8-21)24-5-3-13-32(19-24)27(33)30-26-6-2-4-23(17-26)18-29/h2,4,6-10,17,20,22,24H,3,5,11-16,19H2,1H3,(H,30,33). The summed E-state index contributed by atoms with van der Waals surface area (Å²) < 4.78 is 13.2. The van der Waals surface area contributed by atoms with Crippen LogP contribution in [0.15, 0.2) is 48.5 Å². The molecule has 0 saturated carbocycles. The fraction of sp³-hybridized carbons (Fsp3) is 0.481. The van der Waals surface area contributed by atoms with Crippen LogP contribution in [0.5, 0.6) is 0 Å². The van der Waals surface area contributed by atoms with Crippen molar-refractivity contribution >= 4 is 11.7 Å². The third-order valence-electron chi connectivity index (χ3n) is 7.33. The largest absolute Gasteiger partial charge is 0.324 e. The van der Waals surface area contributed by atoms with Crippen LogP contribution < -0.4 is 5.32 Å². The number of nitrogens with one attached hydrogen (secondary N) is 1. The molecular weight excluding hydrogens is 415 g/mol. The molecule has 0 aromatic heterocycles. The Morgan fingerprint density at radius 3 is 2.64 bits per heavy atom. The van der Waals surface area contributed by atoms with Crippen molar-refractivity contribution in [3.8, 4) is 6.07 Å². The third kappa shape index (κ3) is 6.11. The number of nitrogens with zero attached hydrogens (tertiary/aromatic N) is 3. The van der Waals surface area contributed by atoms with Crippen molar-refractivity contribution in [1.29, 1.82) is 5.26 Å². The Bertz CT molecular complexity index is 978. The van der Waals surface area contributed by atoms with Gasteiger partial charge in [-0.05, 0) is 99.8 Å². The Morgan fingerprint density at radius 2 is 1.91 bits per heavy atom. The molecule has 0 spiro atoms. The SMILES string of the molecule is CC(C1CCCN(C(=O)Nc2cccc(C#N)c2)C1)N1CCC(Cc2ccc(F)cc2)CC1. The topological polar surface area (TPSA) is 59.4 Å². The molecule has 0 bridgehead atoms. The lowest BCUT2D eigenvalue weighted by Gasteiger charge is -2.43. The minimum atomic E-state index is -0.173. The zero-order chi connectivity index (χ0) is 23.2. The van der Waals surface area contributed by atoms with Gasteiger partial charge in [0.1, 0.15) is 5.82 Å². The molecule has 2 unspecified atom stereocenters. The molecule has 2 aliphatic rings. The minimum Gasteiger partial charge on any atom is -0.324 e. The zero-order valence-corrected chi connectivity index (χ0v) is 19.3. The minimum absolute atomic E-state index is 0.0833. The number of nitriles is 1. The second kappa shape index (κ2) is 10.8. The lowest BCUT2D eigenvalue weighted by Crippen LogP contribution is -2.50. The molecule has 6 heteroatoms. The van der Waals surface area contributed by atoms with E-state index in [0.717, 1.165) is 58.3 Å². The van der Waals surface area contributed by atoms with Gasteiger partial charge in [0.05, 0.1) is 11.6 Å². The Morgan fingerprint density at radius 1 is 1.15 bits per heavy atom. The van der Waals surface area contributed by atoms with E-state index in [1.165, 1.54) is 5.56 Å². The number of carbonyl (C=O) groups is 1. The molecule has 5 nitrogen and oxygen atoms in total. The van der Waals surface area contributed by atoms with Gasteiger partial charge in [0, 0.05) is 24.8 Å². The molecule has 1 N–H and O–H groups in total. The smallest absolute Gasteiger partial charge is 0.321 e. The monoisotopic (exact) mass is 448 g/mol. The molecular formula is C27H33FN4O. The number of rotatable bonds is 5. The molecule has 33 heavy (non-hydrogen) atoms. The maximum Gasteiger partial charge on any atom is 0.321 e. The van der Waals surface area contributed by atoms with E-state index in [1.54, 1.807) is 30.3 Å². The van der Waals surface area contributed by atoms with Gasteiger partial charge in [-0.2, -0.15) is 5.26 Å². The second-order valence-corrected chi connectivity index (χ2v) is 9.52. The Balaban J connectivity index is 1.27. The highest BCUT2D eigenvalue weighted by atomic mass is 19.1. The van der Waals surface area contributed by atoms with E-state index in [9.17, 15) is 9.18 Å². The van der Waals surface area contributed by atoms with Gasteiger partial charge < -0.3 is 15.1 Å². The van der Waals surface area contributed by atoms with Gasteiger partial charge in [0.25, 0.3) is 0 Å². The molecule has 174 valence electrons. The van der Waals surface area contributed by atoms with Crippen LogP contribution in [0.4, 0.5) is 14.9 Å². The van der Waals surface area contributed by atoms with Gasteiger partial charge in [-0.3, -0.25) is 0 Å². The number of urea groups is 1. The summed E-state index contributed by atoms with van der Waals surface area (Å²) in [6, 6.07) is 16.4. The highest BCUT2D eigenvalue weighted by Gasteiger charge is 2.32. The summed E-state index contributed by atoms with van der Waals surface area (Å²) >= 11 is 0. The summed E-state index contributed by atoms with van der Waals surface area (Å²) in [7, 11) is 0. The quantitative estimate of drug-likeness (QED) is 0.677. The molecule has 2 fully saturated rings. The fourth-order valence-electron chi connectivity index (χ4n) is 5.27. The predicted octanol–water partition coefficient (Wildman–Crippen LogP) is 5.28. The Labute approximate surface area is 196 Å². The van der Waals surface area contributed by atoms with Gasteiger partial charge in [-0.15, -0.1) is 0 Å². The normalized spacial score (nSPS) is 20.8. The molecule has 2 heterocycles. The molecule has 0 aliphatic carbocycles. The predicted molar refractivity (Wildman–Crippen MR) is 128 cm³/mol. The number of hydrogen-bond acceptors (Lipinski definition) is 3.